The zero-order valence-corrected chi connectivity index (χ0v) is 8.46. The van der Waals surface area contributed by atoms with E-state index < -0.39 is 11.8 Å². The minimum Gasteiger partial charge on any atom is -0.291 e. The molecule has 1 aromatic heterocycles. The van der Waals surface area contributed by atoms with Gasteiger partial charge in [0.25, 0.3) is 5.91 Å². The molecule has 0 aliphatic carbocycles. The fourth-order valence-corrected chi connectivity index (χ4v) is 0.969. The topological polar surface area (TPSA) is 59.1 Å². The van der Waals surface area contributed by atoms with Crippen LogP contribution in [0, 0.1) is 0 Å². The van der Waals surface area contributed by atoms with Gasteiger partial charge in [0.15, 0.2) is 0 Å². The van der Waals surface area contributed by atoms with Crippen LogP contribution in [0.15, 0.2) is 22.8 Å². The summed E-state index contributed by atoms with van der Waals surface area (Å²) in [5, 5.41) is 2.12. The highest BCUT2D eigenvalue weighted by Gasteiger charge is 2.07. The molecule has 1 rings (SSSR count). The van der Waals surface area contributed by atoms with Crippen molar-refractivity contribution in [1.82, 2.24) is 10.3 Å². The average Bonchev–Trinajstić information content (AvgIpc) is 2.04. The number of nitrogens with zero attached hydrogens (tertiary/aromatic N) is 1. The highest BCUT2D eigenvalue weighted by molar-refractivity contribution is 9.10. The molecule has 13 heavy (non-hydrogen) atoms. The predicted octanol–water partition coefficient (Wildman–Crippen LogP) is 1.12. The second kappa shape index (κ2) is 4.13. The predicted molar refractivity (Wildman–Crippen MR) is 50.1 cm³/mol. The Labute approximate surface area is 83.5 Å². The molecular formula is C8H7BrN2O2. The molecule has 1 N–H and O–H groups in total. The number of halogens is 1. The van der Waals surface area contributed by atoms with E-state index in [1.54, 1.807) is 6.07 Å². The largest absolute Gasteiger partial charge is 0.291 e. The number of hydrogen-bond donors (Lipinski definition) is 1. The average molecular weight is 243 g/mol. The third kappa shape index (κ3) is 2.95. The molecule has 5 heteroatoms. The lowest BCUT2D eigenvalue weighted by Gasteiger charge is -1.99. The summed E-state index contributed by atoms with van der Waals surface area (Å²) in [6.07, 6.45) is 1.50. The number of imide groups is 1. The first-order valence-electron chi connectivity index (χ1n) is 3.53. The Morgan fingerprint density at radius 1 is 1.46 bits per heavy atom. The lowest BCUT2D eigenvalue weighted by Crippen LogP contribution is -2.28. The van der Waals surface area contributed by atoms with Crippen molar-refractivity contribution in [3.05, 3.63) is 28.5 Å². The van der Waals surface area contributed by atoms with Gasteiger partial charge in [0.2, 0.25) is 5.91 Å². The second-order valence-corrected chi connectivity index (χ2v) is 3.29. The summed E-state index contributed by atoms with van der Waals surface area (Å²) >= 11 is 3.18. The van der Waals surface area contributed by atoms with E-state index in [2.05, 4.69) is 26.2 Å². The standard InChI is InChI=1S/C8H7BrN2O2/c1-5(12)11-8(13)7-3-2-6(9)4-10-7/h2-4H,1H3,(H,11,12,13). The summed E-state index contributed by atoms with van der Waals surface area (Å²) in [7, 11) is 0. The van der Waals surface area contributed by atoms with Gasteiger partial charge in [-0.25, -0.2) is 4.98 Å². The molecule has 0 unspecified atom stereocenters. The van der Waals surface area contributed by atoms with Gasteiger partial charge in [-0.1, -0.05) is 0 Å². The lowest BCUT2D eigenvalue weighted by atomic mass is 10.3. The van der Waals surface area contributed by atoms with E-state index in [4.69, 9.17) is 0 Å². The summed E-state index contributed by atoms with van der Waals surface area (Å²) in [6, 6.07) is 3.21. The molecule has 1 aromatic rings. The highest BCUT2D eigenvalue weighted by atomic mass is 79.9. The smallest absolute Gasteiger partial charge is 0.276 e. The maximum absolute atomic E-state index is 11.2. The first-order chi connectivity index (χ1) is 6.09. The van der Waals surface area contributed by atoms with Crippen LogP contribution in [0.3, 0.4) is 0 Å². The van der Waals surface area contributed by atoms with E-state index >= 15 is 0 Å². The number of hydrogen-bond acceptors (Lipinski definition) is 3. The lowest BCUT2D eigenvalue weighted by molar-refractivity contribution is -0.118. The Bertz CT molecular complexity index is 335. The fraction of sp³-hybridized carbons (Fsp3) is 0.125. The number of carbonyl (C=O) groups excluding carboxylic acids is 2. The zero-order valence-electron chi connectivity index (χ0n) is 6.87. The fourth-order valence-electron chi connectivity index (χ4n) is 0.734. The van der Waals surface area contributed by atoms with Crippen LogP contribution in [0.1, 0.15) is 17.4 Å². The summed E-state index contributed by atoms with van der Waals surface area (Å²) < 4.78 is 0.784. The van der Waals surface area contributed by atoms with Crippen LogP contribution in [-0.4, -0.2) is 16.8 Å². The van der Waals surface area contributed by atoms with Crippen molar-refractivity contribution in [3.8, 4) is 0 Å². The number of carbonyl (C=O) groups is 2. The van der Waals surface area contributed by atoms with Crippen molar-refractivity contribution in [3.63, 3.8) is 0 Å². The van der Waals surface area contributed by atoms with Crippen molar-refractivity contribution in [2.24, 2.45) is 0 Å². The molecule has 1 heterocycles. The Morgan fingerprint density at radius 3 is 2.62 bits per heavy atom. The highest BCUT2D eigenvalue weighted by Crippen LogP contribution is 2.06. The van der Waals surface area contributed by atoms with Crippen molar-refractivity contribution < 1.29 is 9.59 Å². The molecule has 0 atom stereocenters. The molecule has 0 saturated heterocycles. The first-order valence-corrected chi connectivity index (χ1v) is 4.32. The number of amides is 2. The number of nitrogens with one attached hydrogen (secondary N) is 1. The Kier molecular flexibility index (Phi) is 3.13. The molecule has 2 amide bonds. The Hall–Kier alpha value is -1.23. The van der Waals surface area contributed by atoms with E-state index in [1.165, 1.54) is 19.2 Å². The molecule has 4 nitrogen and oxygen atoms in total. The number of rotatable bonds is 1. The second-order valence-electron chi connectivity index (χ2n) is 2.37. The van der Waals surface area contributed by atoms with Gasteiger partial charge in [-0.05, 0) is 28.1 Å². The minimum absolute atomic E-state index is 0.221. The van der Waals surface area contributed by atoms with Crippen LogP contribution >= 0.6 is 15.9 Å². The van der Waals surface area contributed by atoms with E-state index in [0.29, 0.717) is 0 Å². The van der Waals surface area contributed by atoms with Gasteiger partial charge >= 0.3 is 0 Å². The Balaban J connectivity index is 2.78. The van der Waals surface area contributed by atoms with Gasteiger partial charge in [0, 0.05) is 17.6 Å². The van der Waals surface area contributed by atoms with E-state index in [1.807, 2.05) is 0 Å². The molecule has 0 aliphatic heterocycles. The number of pyridine rings is 1. The number of aromatic nitrogens is 1. The van der Waals surface area contributed by atoms with Gasteiger partial charge in [-0.2, -0.15) is 0 Å². The van der Waals surface area contributed by atoms with Crippen molar-refractivity contribution in [2.45, 2.75) is 6.92 Å². The van der Waals surface area contributed by atoms with Crippen LogP contribution in [0.5, 0.6) is 0 Å². The SMILES string of the molecule is CC(=O)NC(=O)c1ccc(Br)cn1. The molecule has 68 valence electrons. The normalized spacial score (nSPS) is 9.38. The monoisotopic (exact) mass is 242 g/mol. The van der Waals surface area contributed by atoms with Crippen molar-refractivity contribution in [1.29, 1.82) is 0 Å². The quantitative estimate of drug-likeness (QED) is 0.803. The molecule has 0 aliphatic rings. The molecular weight excluding hydrogens is 236 g/mol. The van der Waals surface area contributed by atoms with Gasteiger partial charge in [0.1, 0.15) is 5.69 Å². The van der Waals surface area contributed by atoms with Crippen LogP contribution in [0.25, 0.3) is 0 Å². The Morgan fingerprint density at radius 2 is 2.15 bits per heavy atom. The van der Waals surface area contributed by atoms with Crippen LogP contribution < -0.4 is 5.32 Å². The maximum atomic E-state index is 11.2. The van der Waals surface area contributed by atoms with Crippen molar-refractivity contribution in [2.75, 3.05) is 0 Å². The molecule has 0 spiro atoms. The van der Waals surface area contributed by atoms with E-state index in [9.17, 15) is 9.59 Å². The van der Waals surface area contributed by atoms with Gasteiger partial charge in [0.05, 0.1) is 0 Å². The van der Waals surface area contributed by atoms with Crippen LogP contribution in [0.2, 0.25) is 0 Å². The van der Waals surface area contributed by atoms with Gasteiger partial charge < -0.3 is 0 Å². The van der Waals surface area contributed by atoms with E-state index in [0.717, 1.165) is 4.47 Å². The third-order valence-corrected chi connectivity index (χ3v) is 1.72. The molecule has 0 saturated carbocycles. The summed E-state index contributed by atoms with van der Waals surface area (Å²) in [4.78, 5) is 25.5. The summed E-state index contributed by atoms with van der Waals surface area (Å²) in [6.45, 7) is 1.27. The zero-order chi connectivity index (χ0) is 9.84. The maximum Gasteiger partial charge on any atom is 0.276 e. The summed E-state index contributed by atoms with van der Waals surface area (Å²) in [5.74, 6) is -0.880. The van der Waals surface area contributed by atoms with E-state index in [-0.39, 0.29) is 5.69 Å². The third-order valence-electron chi connectivity index (χ3n) is 1.25. The molecule has 0 radical (unpaired) electrons. The van der Waals surface area contributed by atoms with Crippen LogP contribution in [-0.2, 0) is 4.79 Å². The molecule has 0 fully saturated rings. The summed E-state index contributed by atoms with van der Waals surface area (Å²) in [5.41, 5.74) is 0.221. The molecule has 0 bridgehead atoms. The first kappa shape index (κ1) is 9.85. The van der Waals surface area contributed by atoms with Crippen molar-refractivity contribution >= 4 is 27.7 Å². The van der Waals surface area contributed by atoms with Crippen LogP contribution in [0.4, 0.5) is 0 Å². The van der Waals surface area contributed by atoms with Gasteiger partial charge in [-0.3, -0.25) is 14.9 Å². The molecule has 0 aromatic carbocycles. The minimum atomic E-state index is -0.486. The van der Waals surface area contributed by atoms with Gasteiger partial charge in [-0.15, -0.1) is 0 Å².